The number of hydrogen-bond donors (Lipinski definition) is 0. The third-order valence-electron chi connectivity index (χ3n) is 2.64. The Morgan fingerprint density at radius 2 is 2.50 bits per heavy atom. The molecule has 1 atom stereocenters. The fourth-order valence-corrected chi connectivity index (χ4v) is 2.77. The van der Waals surface area contributed by atoms with Crippen LogP contribution in [0.3, 0.4) is 0 Å². The van der Waals surface area contributed by atoms with E-state index in [4.69, 9.17) is 16.3 Å². The van der Waals surface area contributed by atoms with Crippen molar-refractivity contribution in [2.24, 2.45) is 0 Å². The van der Waals surface area contributed by atoms with E-state index in [1.165, 1.54) is 17.8 Å². The van der Waals surface area contributed by atoms with Crippen molar-refractivity contribution in [1.82, 2.24) is 4.98 Å². The maximum atomic E-state index is 11.3. The van der Waals surface area contributed by atoms with Crippen LogP contribution in [0.5, 0.6) is 0 Å². The van der Waals surface area contributed by atoms with Gasteiger partial charge in [0.25, 0.3) is 0 Å². The highest BCUT2D eigenvalue weighted by atomic mass is 35.5. The SMILES string of the molecule is O=C(CCl)c1csc(CC2CCCCO2)n1. The van der Waals surface area contributed by atoms with Gasteiger partial charge in [-0.1, -0.05) is 0 Å². The third kappa shape index (κ3) is 3.03. The molecule has 0 aliphatic carbocycles. The number of carbonyl (C=O) groups is 1. The number of Topliss-reactive ketones (excluding diaryl/α,β-unsaturated/α-hetero) is 1. The lowest BCUT2D eigenvalue weighted by Gasteiger charge is -2.21. The number of halogens is 1. The van der Waals surface area contributed by atoms with E-state index in [1.807, 2.05) is 0 Å². The van der Waals surface area contributed by atoms with Crippen LogP contribution in [-0.4, -0.2) is 29.4 Å². The summed E-state index contributed by atoms with van der Waals surface area (Å²) in [6.45, 7) is 0.851. The maximum absolute atomic E-state index is 11.3. The highest BCUT2D eigenvalue weighted by molar-refractivity contribution is 7.09. The Balaban J connectivity index is 1.94. The minimum atomic E-state index is -0.103. The summed E-state index contributed by atoms with van der Waals surface area (Å²) in [5, 5.41) is 2.75. The van der Waals surface area contributed by atoms with Crippen LogP contribution >= 0.6 is 22.9 Å². The Bertz CT molecular complexity index is 361. The molecule has 0 radical (unpaired) electrons. The van der Waals surface area contributed by atoms with Gasteiger partial charge in [0.05, 0.1) is 17.0 Å². The molecule has 88 valence electrons. The van der Waals surface area contributed by atoms with Crippen LogP contribution in [0.2, 0.25) is 0 Å². The summed E-state index contributed by atoms with van der Waals surface area (Å²) in [7, 11) is 0. The number of hydrogen-bond acceptors (Lipinski definition) is 4. The molecule has 1 aliphatic heterocycles. The fourth-order valence-electron chi connectivity index (χ4n) is 1.76. The standard InChI is InChI=1S/C11H14ClNO2S/c12-6-10(14)9-7-16-11(13-9)5-8-3-1-2-4-15-8/h7-8H,1-6H2. The molecule has 5 heteroatoms. The highest BCUT2D eigenvalue weighted by Crippen LogP contribution is 2.19. The predicted molar refractivity (Wildman–Crippen MR) is 64.5 cm³/mol. The second-order valence-electron chi connectivity index (χ2n) is 3.88. The normalized spacial score (nSPS) is 20.9. The molecule has 2 heterocycles. The summed E-state index contributed by atoms with van der Waals surface area (Å²) in [4.78, 5) is 15.6. The first-order valence-corrected chi connectivity index (χ1v) is 6.86. The van der Waals surface area contributed by atoms with E-state index in [-0.39, 0.29) is 17.8 Å². The number of carbonyl (C=O) groups excluding carboxylic acids is 1. The summed E-state index contributed by atoms with van der Waals surface area (Å²) >= 11 is 6.99. The van der Waals surface area contributed by atoms with E-state index in [2.05, 4.69) is 4.98 Å². The van der Waals surface area contributed by atoms with Crippen molar-refractivity contribution in [2.45, 2.75) is 31.8 Å². The molecule has 0 saturated carbocycles. The van der Waals surface area contributed by atoms with Gasteiger partial charge in [-0.15, -0.1) is 22.9 Å². The largest absolute Gasteiger partial charge is 0.378 e. The Labute approximate surface area is 104 Å². The Morgan fingerprint density at radius 3 is 3.19 bits per heavy atom. The fraction of sp³-hybridized carbons (Fsp3) is 0.636. The Morgan fingerprint density at radius 1 is 1.62 bits per heavy atom. The first-order chi connectivity index (χ1) is 7.79. The van der Waals surface area contributed by atoms with Crippen LogP contribution in [0, 0.1) is 0 Å². The van der Waals surface area contributed by atoms with Gasteiger partial charge in [-0.05, 0) is 19.3 Å². The van der Waals surface area contributed by atoms with Crippen molar-refractivity contribution in [2.75, 3.05) is 12.5 Å². The lowest BCUT2D eigenvalue weighted by Crippen LogP contribution is -2.21. The molecule has 0 amide bonds. The van der Waals surface area contributed by atoms with Crippen molar-refractivity contribution in [3.05, 3.63) is 16.1 Å². The van der Waals surface area contributed by atoms with Crippen molar-refractivity contribution in [1.29, 1.82) is 0 Å². The van der Waals surface area contributed by atoms with Gasteiger partial charge in [0.1, 0.15) is 5.69 Å². The molecule has 0 spiro atoms. The molecule has 1 unspecified atom stereocenters. The number of nitrogens with zero attached hydrogens (tertiary/aromatic N) is 1. The molecule has 1 aliphatic rings. The van der Waals surface area contributed by atoms with Crippen molar-refractivity contribution >= 4 is 28.7 Å². The molecule has 2 rings (SSSR count). The van der Waals surface area contributed by atoms with Crippen LogP contribution in [0.4, 0.5) is 0 Å². The van der Waals surface area contributed by atoms with Crippen molar-refractivity contribution < 1.29 is 9.53 Å². The molecule has 1 aromatic heterocycles. The average Bonchev–Trinajstić information content (AvgIpc) is 2.78. The second-order valence-corrected chi connectivity index (χ2v) is 5.09. The lowest BCUT2D eigenvalue weighted by atomic mass is 10.1. The molecule has 0 aromatic carbocycles. The van der Waals surface area contributed by atoms with Crippen LogP contribution in [0.15, 0.2) is 5.38 Å². The van der Waals surface area contributed by atoms with Crippen LogP contribution in [0.25, 0.3) is 0 Å². The van der Waals surface area contributed by atoms with Crippen molar-refractivity contribution in [3.8, 4) is 0 Å². The molecule has 1 aromatic rings. The van der Waals surface area contributed by atoms with Crippen LogP contribution < -0.4 is 0 Å². The number of rotatable bonds is 4. The minimum Gasteiger partial charge on any atom is -0.378 e. The van der Waals surface area contributed by atoms with Gasteiger partial charge in [0.2, 0.25) is 0 Å². The van der Waals surface area contributed by atoms with Gasteiger partial charge in [-0.3, -0.25) is 4.79 Å². The van der Waals surface area contributed by atoms with E-state index in [0.717, 1.165) is 30.9 Å². The van der Waals surface area contributed by atoms with Gasteiger partial charge >= 0.3 is 0 Å². The number of alkyl halides is 1. The summed E-state index contributed by atoms with van der Waals surface area (Å²) in [6.07, 6.45) is 4.57. The zero-order valence-corrected chi connectivity index (χ0v) is 10.5. The predicted octanol–water partition coefficient (Wildman–Crippen LogP) is 2.68. The van der Waals surface area contributed by atoms with Gasteiger partial charge in [0, 0.05) is 18.4 Å². The highest BCUT2D eigenvalue weighted by Gasteiger charge is 2.17. The maximum Gasteiger partial charge on any atom is 0.196 e. The van der Waals surface area contributed by atoms with E-state index in [1.54, 1.807) is 5.38 Å². The summed E-state index contributed by atoms with van der Waals surface area (Å²) in [5.41, 5.74) is 0.491. The quantitative estimate of drug-likeness (QED) is 0.616. The first-order valence-electron chi connectivity index (χ1n) is 5.45. The Kier molecular flexibility index (Phi) is 4.32. The van der Waals surface area contributed by atoms with Crippen LogP contribution in [-0.2, 0) is 11.2 Å². The molecule has 1 saturated heterocycles. The Hall–Kier alpha value is -0.450. The number of thiazole rings is 1. The van der Waals surface area contributed by atoms with Gasteiger partial charge in [0.15, 0.2) is 5.78 Å². The summed E-state index contributed by atoms with van der Waals surface area (Å²) in [5.74, 6) is -0.1000. The zero-order valence-electron chi connectivity index (χ0n) is 8.95. The van der Waals surface area contributed by atoms with Gasteiger partial charge in [-0.25, -0.2) is 4.98 Å². The minimum absolute atomic E-state index is 0.00308. The van der Waals surface area contributed by atoms with Crippen molar-refractivity contribution in [3.63, 3.8) is 0 Å². The summed E-state index contributed by atoms with van der Waals surface area (Å²) < 4.78 is 5.63. The smallest absolute Gasteiger partial charge is 0.196 e. The van der Waals surface area contributed by atoms with E-state index in [0.29, 0.717) is 5.69 Å². The molecule has 0 bridgehead atoms. The summed E-state index contributed by atoms with van der Waals surface area (Å²) in [6, 6.07) is 0. The molecular weight excluding hydrogens is 246 g/mol. The molecule has 1 fully saturated rings. The van der Waals surface area contributed by atoms with E-state index in [9.17, 15) is 4.79 Å². The average molecular weight is 260 g/mol. The molecule has 3 nitrogen and oxygen atoms in total. The number of ether oxygens (including phenoxy) is 1. The van der Waals surface area contributed by atoms with Gasteiger partial charge < -0.3 is 4.74 Å². The monoisotopic (exact) mass is 259 g/mol. The van der Waals surface area contributed by atoms with Crippen LogP contribution in [0.1, 0.15) is 34.8 Å². The second kappa shape index (κ2) is 5.75. The van der Waals surface area contributed by atoms with Gasteiger partial charge in [-0.2, -0.15) is 0 Å². The van der Waals surface area contributed by atoms with E-state index >= 15 is 0 Å². The number of ketones is 1. The zero-order chi connectivity index (χ0) is 11.4. The number of aromatic nitrogens is 1. The lowest BCUT2D eigenvalue weighted by molar-refractivity contribution is 0.0167. The first kappa shape index (κ1) is 12.0. The molecule has 16 heavy (non-hydrogen) atoms. The topological polar surface area (TPSA) is 39.2 Å². The third-order valence-corrected chi connectivity index (χ3v) is 3.75. The molecule has 0 N–H and O–H groups in total. The molecular formula is C11H14ClNO2S. The van der Waals surface area contributed by atoms with E-state index < -0.39 is 0 Å².